The SMILES string of the molecule is Cc1cc(Cl)ccc1OCC(=O)Nc1ccc(N2CCN(C(=O)c3cccs3)CC2)c(Cl)c1. The highest BCUT2D eigenvalue weighted by atomic mass is 35.5. The summed E-state index contributed by atoms with van der Waals surface area (Å²) in [5.74, 6) is 0.401. The van der Waals surface area contributed by atoms with Crippen molar-refractivity contribution in [2.75, 3.05) is 43.0 Å². The molecule has 0 saturated carbocycles. The average Bonchev–Trinajstić information content (AvgIpc) is 3.33. The molecule has 0 bridgehead atoms. The number of rotatable bonds is 6. The Morgan fingerprint density at radius 2 is 1.85 bits per heavy atom. The topological polar surface area (TPSA) is 61.9 Å². The van der Waals surface area contributed by atoms with Crippen molar-refractivity contribution in [2.24, 2.45) is 0 Å². The van der Waals surface area contributed by atoms with Crippen molar-refractivity contribution in [3.05, 3.63) is 74.4 Å². The molecule has 0 spiro atoms. The second-order valence-corrected chi connectivity index (χ2v) is 9.46. The number of hydrogen-bond acceptors (Lipinski definition) is 5. The van der Waals surface area contributed by atoms with Crippen LogP contribution in [-0.2, 0) is 4.79 Å². The molecule has 1 aliphatic heterocycles. The molecular formula is C24H23Cl2N3O3S. The second-order valence-electron chi connectivity index (χ2n) is 7.67. The summed E-state index contributed by atoms with van der Waals surface area (Å²) >= 11 is 13.9. The van der Waals surface area contributed by atoms with Gasteiger partial charge in [-0.3, -0.25) is 9.59 Å². The van der Waals surface area contributed by atoms with Crippen LogP contribution in [0.3, 0.4) is 0 Å². The molecule has 0 unspecified atom stereocenters. The minimum atomic E-state index is -0.283. The Kier molecular flexibility index (Phi) is 7.42. The molecular weight excluding hydrogens is 481 g/mol. The molecule has 1 N–H and O–H groups in total. The molecule has 3 aromatic rings. The summed E-state index contributed by atoms with van der Waals surface area (Å²) in [6.07, 6.45) is 0. The molecule has 1 aromatic heterocycles. The lowest BCUT2D eigenvalue weighted by molar-refractivity contribution is -0.118. The first-order valence-electron chi connectivity index (χ1n) is 10.5. The van der Waals surface area contributed by atoms with E-state index in [4.69, 9.17) is 27.9 Å². The van der Waals surface area contributed by atoms with Gasteiger partial charge in [-0.25, -0.2) is 0 Å². The number of aryl methyl sites for hydroxylation is 1. The molecule has 0 aliphatic carbocycles. The van der Waals surface area contributed by atoms with Crippen LogP contribution < -0.4 is 15.0 Å². The summed E-state index contributed by atoms with van der Waals surface area (Å²) in [4.78, 5) is 29.6. The van der Waals surface area contributed by atoms with E-state index in [9.17, 15) is 9.59 Å². The van der Waals surface area contributed by atoms with E-state index in [1.54, 1.807) is 24.3 Å². The maximum atomic E-state index is 12.5. The summed E-state index contributed by atoms with van der Waals surface area (Å²) < 4.78 is 5.59. The standard InChI is InChI=1S/C24H23Cl2N3O3S/c1-16-13-17(25)4-7-21(16)32-15-23(30)27-18-5-6-20(19(26)14-18)28-8-10-29(11-9-28)24(31)22-3-2-12-33-22/h2-7,12-14H,8-11,15H2,1H3,(H,27,30). The van der Waals surface area contributed by atoms with Gasteiger partial charge in [-0.2, -0.15) is 0 Å². The Bertz CT molecular complexity index is 1150. The Morgan fingerprint density at radius 1 is 1.06 bits per heavy atom. The van der Waals surface area contributed by atoms with E-state index < -0.39 is 0 Å². The number of thiophene rings is 1. The molecule has 2 heterocycles. The Morgan fingerprint density at radius 3 is 2.52 bits per heavy atom. The summed E-state index contributed by atoms with van der Waals surface area (Å²) in [6, 6.07) is 14.4. The lowest BCUT2D eigenvalue weighted by atomic mass is 10.2. The first kappa shape index (κ1) is 23.4. The van der Waals surface area contributed by atoms with Crippen molar-refractivity contribution in [2.45, 2.75) is 6.92 Å². The normalized spacial score (nSPS) is 13.7. The molecule has 9 heteroatoms. The van der Waals surface area contributed by atoms with Crippen LogP contribution in [0.1, 0.15) is 15.2 Å². The van der Waals surface area contributed by atoms with Gasteiger partial charge in [0.2, 0.25) is 0 Å². The van der Waals surface area contributed by atoms with Gasteiger partial charge in [-0.15, -0.1) is 11.3 Å². The number of amides is 2. The summed E-state index contributed by atoms with van der Waals surface area (Å²) in [7, 11) is 0. The van der Waals surface area contributed by atoms with E-state index in [0.717, 1.165) is 16.1 Å². The first-order chi connectivity index (χ1) is 15.9. The molecule has 1 aliphatic rings. The quantitative estimate of drug-likeness (QED) is 0.492. The zero-order valence-electron chi connectivity index (χ0n) is 18.0. The van der Waals surface area contributed by atoms with Gasteiger partial charge < -0.3 is 19.9 Å². The molecule has 1 saturated heterocycles. The molecule has 1 fully saturated rings. The van der Waals surface area contributed by atoms with E-state index in [-0.39, 0.29) is 18.4 Å². The van der Waals surface area contributed by atoms with Crippen molar-refractivity contribution in [3.8, 4) is 5.75 Å². The lowest BCUT2D eigenvalue weighted by Crippen LogP contribution is -2.48. The number of piperazine rings is 1. The van der Waals surface area contributed by atoms with Crippen molar-refractivity contribution in [1.29, 1.82) is 0 Å². The summed E-state index contributed by atoms with van der Waals surface area (Å²) in [5.41, 5.74) is 2.34. The van der Waals surface area contributed by atoms with Crippen LogP contribution in [0.25, 0.3) is 0 Å². The van der Waals surface area contributed by atoms with Crippen molar-refractivity contribution >= 4 is 57.7 Å². The zero-order valence-corrected chi connectivity index (χ0v) is 20.3. The highest BCUT2D eigenvalue weighted by molar-refractivity contribution is 7.12. The highest BCUT2D eigenvalue weighted by Gasteiger charge is 2.24. The largest absolute Gasteiger partial charge is 0.483 e. The fourth-order valence-corrected chi connectivity index (χ4v) is 4.88. The average molecular weight is 504 g/mol. The van der Waals surface area contributed by atoms with Gasteiger partial charge in [0.1, 0.15) is 5.75 Å². The fraction of sp³-hybridized carbons (Fsp3) is 0.250. The minimum Gasteiger partial charge on any atom is -0.483 e. The van der Waals surface area contributed by atoms with Crippen LogP contribution in [0, 0.1) is 6.92 Å². The van der Waals surface area contributed by atoms with E-state index in [1.807, 2.05) is 41.5 Å². The second kappa shape index (κ2) is 10.5. The minimum absolute atomic E-state index is 0.0739. The molecule has 172 valence electrons. The van der Waals surface area contributed by atoms with Gasteiger partial charge in [0.05, 0.1) is 15.6 Å². The zero-order chi connectivity index (χ0) is 23.4. The van der Waals surface area contributed by atoms with Gasteiger partial charge in [0.15, 0.2) is 6.61 Å². The molecule has 2 amide bonds. The van der Waals surface area contributed by atoms with Crippen molar-refractivity contribution < 1.29 is 14.3 Å². The van der Waals surface area contributed by atoms with Crippen LogP contribution in [0.4, 0.5) is 11.4 Å². The van der Waals surface area contributed by atoms with Gasteiger partial charge in [-0.1, -0.05) is 29.3 Å². The number of halogens is 2. The van der Waals surface area contributed by atoms with Crippen molar-refractivity contribution in [3.63, 3.8) is 0 Å². The number of anilines is 2. The first-order valence-corrected chi connectivity index (χ1v) is 12.1. The van der Waals surface area contributed by atoms with E-state index in [0.29, 0.717) is 47.7 Å². The number of ether oxygens (including phenoxy) is 1. The maximum absolute atomic E-state index is 12.5. The van der Waals surface area contributed by atoms with Gasteiger partial charge in [0, 0.05) is 36.9 Å². The third-order valence-electron chi connectivity index (χ3n) is 5.37. The van der Waals surface area contributed by atoms with Crippen LogP contribution in [0.2, 0.25) is 10.0 Å². The fourth-order valence-electron chi connectivity index (χ4n) is 3.66. The monoisotopic (exact) mass is 503 g/mol. The van der Waals surface area contributed by atoms with Gasteiger partial charge in [-0.05, 0) is 60.3 Å². The smallest absolute Gasteiger partial charge is 0.264 e. The molecule has 0 atom stereocenters. The third kappa shape index (κ3) is 5.79. The van der Waals surface area contributed by atoms with E-state index >= 15 is 0 Å². The maximum Gasteiger partial charge on any atom is 0.264 e. The van der Waals surface area contributed by atoms with Gasteiger partial charge >= 0.3 is 0 Å². The number of nitrogens with zero attached hydrogens (tertiary/aromatic N) is 2. The molecule has 4 rings (SSSR count). The highest BCUT2D eigenvalue weighted by Crippen LogP contribution is 2.30. The lowest BCUT2D eigenvalue weighted by Gasteiger charge is -2.36. The predicted octanol–water partition coefficient (Wildman–Crippen LogP) is 5.34. The number of carbonyl (C=O) groups excluding carboxylic acids is 2. The summed E-state index contributed by atoms with van der Waals surface area (Å²) in [6.45, 7) is 4.39. The number of benzene rings is 2. The summed E-state index contributed by atoms with van der Waals surface area (Å²) in [5, 5.41) is 5.88. The molecule has 33 heavy (non-hydrogen) atoms. The Balaban J connectivity index is 1.30. The molecule has 0 radical (unpaired) electrons. The van der Waals surface area contributed by atoms with Crippen molar-refractivity contribution in [1.82, 2.24) is 4.90 Å². The third-order valence-corrected chi connectivity index (χ3v) is 6.76. The van der Waals surface area contributed by atoms with E-state index in [2.05, 4.69) is 10.2 Å². The molecule has 6 nitrogen and oxygen atoms in total. The van der Waals surface area contributed by atoms with Crippen LogP contribution in [0.5, 0.6) is 5.75 Å². The Labute approximate surface area is 206 Å². The predicted molar refractivity (Wildman–Crippen MR) is 134 cm³/mol. The van der Waals surface area contributed by atoms with Crippen LogP contribution in [-0.4, -0.2) is 49.5 Å². The number of nitrogens with one attached hydrogen (secondary N) is 1. The van der Waals surface area contributed by atoms with Crippen LogP contribution >= 0.6 is 34.5 Å². The van der Waals surface area contributed by atoms with Crippen LogP contribution in [0.15, 0.2) is 53.9 Å². The van der Waals surface area contributed by atoms with Gasteiger partial charge in [0.25, 0.3) is 11.8 Å². The molecule has 2 aromatic carbocycles. The number of carbonyl (C=O) groups is 2. The number of hydrogen-bond donors (Lipinski definition) is 1. The van der Waals surface area contributed by atoms with E-state index in [1.165, 1.54) is 11.3 Å². The Hall–Kier alpha value is -2.74.